The molecule has 1 saturated carbocycles. The lowest BCUT2D eigenvalue weighted by molar-refractivity contribution is 0.0903. The van der Waals surface area contributed by atoms with Crippen molar-refractivity contribution in [3.8, 4) is 5.75 Å². The smallest absolute Gasteiger partial charge is 0.273 e. The van der Waals surface area contributed by atoms with Crippen LogP contribution in [0.5, 0.6) is 5.75 Å². The van der Waals surface area contributed by atoms with Crippen LogP contribution in [0, 0.1) is 5.92 Å². The fourth-order valence-electron chi connectivity index (χ4n) is 2.24. The van der Waals surface area contributed by atoms with Gasteiger partial charge >= 0.3 is 0 Å². The van der Waals surface area contributed by atoms with Gasteiger partial charge in [-0.3, -0.25) is 4.79 Å². The minimum absolute atomic E-state index is 0.0633. The topological polar surface area (TPSA) is 82.5 Å². The van der Waals surface area contributed by atoms with Crippen molar-refractivity contribution in [2.24, 2.45) is 5.92 Å². The van der Waals surface area contributed by atoms with Gasteiger partial charge in [0.2, 0.25) is 0 Å². The van der Waals surface area contributed by atoms with E-state index >= 15 is 0 Å². The third-order valence-corrected chi connectivity index (χ3v) is 3.37. The van der Waals surface area contributed by atoms with Gasteiger partial charge in [-0.2, -0.15) is 0 Å². The third-order valence-electron chi connectivity index (χ3n) is 3.37. The highest BCUT2D eigenvalue weighted by Crippen LogP contribution is 2.23. The second-order valence-corrected chi connectivity index (χ2v) is 4.76. The number of nitrogens with zero attached hydrogens (tertiary/aromatic N) is 1. The molecular formula is C13H18N2O3. The van der Waals surface area contributed by atoms with Gasteiger partial charge in [0.15, 0.2) is 5.69 Å². The van der Waals surface area contributed by atoms with Gasteiger partial charge in [0.25, 0.3) is 5.91 Å². The van der Waals surface area contributed by atoms with E-state index in [9.17, 15) is 15.0 Å². The molecule has 98 valence electrons. The molecule has 1 heterocycles. The minimum Gasteiger partial charge on any atom is -0.505 e. The zero-order chi connectivity index (χ0) is 13.0. The van der Waals surface area contributed by atoms with E-state index in [4.69, 9.17) is 0 Å². The Morgan fingerprint density at radius 1 is 1.39 bits per heavy atom. The zero-order valence-electron chi connectivity index (χ0n) is 10.2. The monoisotopic (exact) mass is 250 g/mol. The highest BCUT2D eigenvalue weighted by Gasteiger charge is 2.20. The number of nitrogens with one attached hydrogen (secondary N) is 1. The van der Waals surface area contributed by atoms with Crippen LogP contribution in [-0.4, -0.2) is 33.8 Å². The van der Waals surface area contributed by atoms with Crippen LogP contribution in [0.1, 0.15) is 36.2 Å². The highest BCUT2D eigenvalue weighted by atomic mass is 16.3. The van der Waals surface area contributed by atoms with Gasteiger partial charge in [0.05, 0.1) is 6.10 Å². The van der Waals surface area contributed by atoms with Crippen LogP contribution in [0.3, 0.4) is 0 Å². The average molecular weight is 250 g/mol. The predicted octanol–water partition coefficient (Wildman–Crippen LogP) is 1.07. The molecule has 5 heteroatoms. The Balaban J connectivity index is 1.84. The summed E-state index contributed by atoms with van der Waals surface area (Å²) in [6.45, 7) is 0.571. The number of aliphatic hydroxyl groups is 1. The van der Waals surface area contributed by atoms with Gasteiger partial charge in [-0.15, -0.1) is 0 Å². The molecule has 0 aliphatic heterocycles. The van der Waals surface area contributed by atoms with Crippen molar-refractivity contribution in [1.82, 2.24) is 10.3 Å². The number of aromatic nitrogens is 1. The molecule has 0 unspecified atom stereocenters. The highest BCUT2D eigenvalue weighted by molar-refractivity contribution is 5.94. The Morgan fingerprint density at radius 2 is 2.11 bits per heavy atom. The second-order valence-electron chi connectivity index (χ2n) is 4.76. The Morgan fingerprint density at radius 3 is 2.78 bits per heavy atom. The molecule has 1 aliphatic carbocycles. The Bertz CT molecular complexity index is 414. The van der Waals surface area contributed by atoms with Crippen molar-refractivity contribution in [3.05, 3.63) is 24.0 Å². The minimum atomic E-state index is -0.348. The van der Waals surface area contributed by atoms with Gasteiger partial charge in [0, 0.05) is 12.7 Å². The molecule has 3 N–H and O–H groups in total. The van der Waals surface area contributed by atoms with Crippen molar-refractivity contribution >= 4 is 5.91 Å². The molecule has 0 spiro atoms. The number of aliphatic hydroxyl groups excluding tert-OH is 1. The first kappa shape index (κ1) is 12.8. The van der Waals surface area contributed by atoms with Gasteiger partial charge in [0.1, 0.15) is 5.75 Å². The molecule has 1 amide bonds. The van der Waals surface area contributed by atoms with Crippen LogP contribution in [0.2, 0.25) is 0 Å². The van der Waals surface area contributed by atoms with Gasteiger partial charge in [-0.05, 0) is 43.7 Å². The summed E-state index contributed by atoms with van der Waals surface area (Å²) < 4.78 is 0. The normalized spacial score (nSPS) is 23.6. The van der Waals surface area contributed by atoms with E-state index in [1.54, 1.807) is 6.07 Å². The first-order valence-electron chi connectivity index (χ1n) is 6.27. The number of hydrogen-bond acceptors (Lipinski definition) is 4. The van der Waals surface area contributed by atoms with Crippen LogP contribution in [0.4, 0.5) is 0 Å². The molecule has 1 fully saturated rings. The van der Waals surface area contributed by atoms with Crippen LogP contribution >= 0.6 is 0 Å². The molecule has 1 aromatic rings. The molecule has 0 atom stereocenters. The van der Waals surface area contributed by atoms with Crippen LogP contribution < -0.4 is 5.32 Å². The molecule has 0 aromatic carbocycles. The largest absolute Gasteiger partial charge is 0.505 e. The molecule has 5 nitrogen and oxygen atoms in total. The Labute approximate surface area is 106 Å². The summed E-state index contributed by atoms with van der Waals surface area (Å²) in [6.07, 6.45) is 4.75. The summed E-state index contributed by atoms with van der Waals surface area (Å²) >= 11 is 0. The van der Waals surface area contributed by atoms with E-state index in [1.165, 1.54) is 12.3 Å². The van der Waals surface area contributed by atoms with E-state index in [2.05, 4.69) is 10.3 Å². The maximum atomic E-state index is 11.8. The summed E-state index contributed by atoms with van der Waals surface area (Å²) in [6, 6.07) is 3.02. The van der Waals surface area contributed by atoms with E-state index < -0.39 is 0 Å². The average Bonchev–Trinajstić information content (AvgIpc) is 2.38. The third kappa shape index (κ3) is 3.20. The Kier molecular flexibility index (Phi) is 4.15. The molecule has 0 bridgehead atoms. The number of rotatable bonds is 3. The predicted molar refractivity (Wildman–Crippen MR) is 66.2 cm³/mol. The van der Waals surface area contributed by atoms with Crippen LogP contribution in [0.15, 0.2) is 18.3 Å². The molecule has 1 aromatic heterocycles. The quantitative estimate of drug-likeness (QED) is 0.749. The number of aromatic hydroxyl groups is 1. The molecule has 1 aliphatic rings. The number of carbonyl (C=O) groups excluding carboxylic acids is 1. The lowest BCUT2D eigenvalue weighted by atomic mass is 9.87. The lowest BCUT2D eigenvalue weighted by Crippen LogP contribution is -2.32. The molecule has 0 saturated heterocycles. The molecule has 0 radical (unpaired) electrons. The van der Waals surface area contributed by atoms with Crippen molar-refractivity contribution in [3.63, 3.8) is 0 Å². The summed E-state index contributed by atoms with van der Waals surface area (Å²) in [7, 11) is 0. The second kappa shape index (κ2) is 5.82. The number of amides is 1. The van der Waals surface area contributed by atoms with Crippen molar-refractivity contribution in [2.75, 3.05) is 6.54 Å². The number of carbonyl (C=O) groups is 1. The van der Waals surface area contributed by atoms with Crippen LogP contribution in [0.25, 0.3) is 0 Å². The van der Waals surface area contributed by atoms with E-state index in [-0.39, 0.29) is 23.5 Å². The van der Waals surface area contributed by atoms with Gasteiger partial charge in [-0.25, -0.2) is 4.98 Å². The van der Waals surface area contributed by atoms with Crippen LogP contribution in [-0.2, 0) is 0 Å². The number of hydrogen-bond donors (Lipinski definition) is 3. The summed E-state index contributed by atoms with van der Waals surface area (Å²) in [5, 5.41) is 21.7. The first-order chi connectivity index (χ1) is 8.66. The standard InChI is InChI=1S/C13H18N2O3/c16-10-5-3-9(4-6-10)8-15-13(18)12-11(17)2-1-7-14-12/h1-2,7,9-10,16-17H,3-6,8H2,(H,15,18). The Hall–Kier alpha value is -1.62. The molecule has 18 heavy (non-hydrogen) atoms. The fraction of sp³-hybridized carbons (Fsp3) is 0.538. The lowest BCUT2D eigenvalue weighted by Gasteiger charge is -2.25. The maximum Gasteiger partial charge on any atom is 0.273 e. The SMILES string of the molecule is O=C(NCC1CCC(O)CC1)c1ncccc1O. The van der Waals surface area contributed by atoms with Gasteiger partial charge in [-0.1, -0.05) is 0 Å². The maximum absolute atomic E-state index is 11.8. The fourth-order valence-corrected chi connectivity index (χ4v) is 2.24. The first-order valence-corrected chi connectivity index (χ1v) is 6.27. The summed E-state index contributed by atoms with van der Waals surface area (Å²) in [5.41, 5.74) is 0.0633. The van der Waals surface area contributed by atoms with Crippen molar-refractivity contribution in [2.45, 2.75) is 31.8 Å². The van der Waals surface area contributed by atoms with Gasteiger partial charge < -0.3 is 15.5 Å². The summed E-state index contributed by atoms with van der Waals surface area (Å²) in [4.78, 5) is 15.6. The number of pyridine rings is 1. The summed E-state index contributed by atoms with van der Waals surface area (Å²) in [5.74, 6) is -0.0449. The zero-order valence-corrected chi connectivity index (χ0v) is 10.2. The molecule has 2 rings (SSSR count). The van der Waals surface area contributed by atoms with E-state index in [0.29, 0.717) is 12.5 Å². The van der Waals surface area contributed by atoms with E-state index in [1.807, 2.05) is 0 Å². The van der Waals surface area contributed by atoms with E-state index in [0.717, 1.165) is 25.7 Å². The van der Waals surface area contributed by atoms with Crippen molar-refractivity contribution in [1.29, 1.82) is 0 Å². The molecular weight excluding hydrogens is 232 g/mol. The van der Waals surface area contributed by atoms with Crippen molar-refractivity contribution < 1.29 is 15.0 Å².